The SMILES string of the molecule is Cn1c(=O)c2[nH]c(N3CCCCC3)cc2n(C)c1=O. The van der Waals surface area contributed by atoms with Gasteiger partial charge in [0.1, 0.15) is 11.3 Å². The van der Waals surface area contributed by atoms with Gasteiger partial charge in [-0.05, 0) is 19.3 Å². The lowest BCUT2D eigenvalue weighted by Crippen LogP contribution is -2.36. The van der Waals surface area contributed by atoms with Crippen molar-refractivity contribution >= 4 is 16.9 Å². The zero-order chi connectivity index (χ0) is 13.6. The maximum atomic E-state index is 12.1. The Bertz CT molecular complexity index is 731. The van der Waals surface area contributed by atoms with E-state index in [1.165, 1.54) is 30.9 Å². The van der Waals surface area contributed by atoms with E-state index in [0.717, 1.165) is 23.5 Å². The molecule has 2 aromatic rings. The van der Waals surface area contributed by atoms with Crippen molar-refractivity contribution in [2.24, 2.45) is 14.1 Å². The zero-order valence-corrected chi connectivity index (χ0v) is 11.3. The molecule has 0 saturated carbocycles. The van der Waals surface area contributed by atoms with Gasteiger partial charge in [-0.2, -0.15) is 0 Å². The summed E-state index contributed by atoms with van der Waals surface area (Å²) in [6.07, 6.45) is 3.61. The highest BCUT2D eigenvalue weighted by Gasteiger charge is 2.16. The first-order valence-electron chi connectivity index (χ1n) is 6.63. The van der Waals surface area contributed by atoms with Crippen molar-refractivity contribution in [3.05, 3.63) is 26.9 Å². The maximum absolute atomic E-state index is 12.1. The van der Waals surface area contributed by atoms with Crippen LogP contribution in [0.4, 0.5) is 5.82 Å². The molecule has 6 heteroatoms. The molecule has 0 bridgehead atoms. The lowest BCUT2D eigenvalue weighted by molar-refractivity contribution is 0.574. The minimum atomic E-state index is -0.290. The van der Waals surface area contributed by atoms with Crippen LogP contribution < -0.4 is 16.1 Å². The summed E-state index contributed by atoms with van der Waals surface area (Å²) in [5, 5.41) is 0. The average molecular weight is 262 g/mol. The number of hydrogen-bond donors (Lipinski definition) is 1. The first kappa shape index (κ1) is 12.1. The predicted molar refractivity (Wildman–Crippen MR) is 74.8 cm³/mol. The van der Waals surface area contributed by atoms with Gasteiger partial charge in [-0.3, -0.25) is 13.9 Å². The quantitative estimate of drug-likeness (QED) is 0.816. The van der Waals surface area contributed by atoms with Gasteiger partial charge in [-0.25, -0.2) is 4.79 Å². The van der Waals surface area contributed by atoms with Gasteiger partial charge < -0.3 is 9.88 Å². The summed E-state index contributed by atoms with van der Waals surface area (Å²) in [5.74, 6) is 0.938. The summed E-state index contributed by atoms with van der Waals surface area (Å²) in [6.45, 7) is 2.00. The second-order valence-corrected chi connectivity index (χ2v) is 5.17. The van der Waals surface area contributed by atoms with Crippen molar-refractivity contribution in [1.29, 1.82) is 0 Å². The second kappa shape index (κ2) is 4.29. The van der Waals surface area contributed by atoms with Gasteiger partial charge in [0.15, 0.2) is 0 Å². The Hall–Kier alpha value is -1.98. The summed E-state index contributed by atoms with van der Waals surface area (Å²) in [6, 6.07) is 1.91. The minimum Gasteiger partial charge on any atom is -0.358 e. The number of rotatable bonds is 1. The summed E-state index contributed by atoms with van der Waals surface area (Å²) < 4.78 is 2.65. The molecule has 1 saturated heterocycles. The fourth-order valence-electron chi connectivity index (χ4n) is 2.75. The number of aromatic amines is 1. The molecule has 1 fully saturated rings. The third-order valence-corrected chi connectivity index (χ3v) is 3.93. The number of nitrogens with zero attached hydrogens (tertiary/aromatic N) is 3. The van der Waals surface area contributed by atoms with Crippen LogP contribution in [0.15, 0.2) is 15.7 Å². The van der Waals surface area contributed by atoms with E-state index in [9.17, 15) is 9.59 Å². The molecule has 6 nitrogen and oxygen atoms in total. The van der Waals surface area contributed by atoms with Gasteiger partial charge in [0.05, 0.1) is 5.52 Å². The maximum Gasteiger partial charge on any atom is 0.331 e. The Labute approximate surface area is 110 Å². The third kappa shape index (κ3) is 1.78. The van der Waals surface area contributed by atoms with Crippen LogP contribution in [0.1, 0.15) is 19.3 Å². The minimum absolute atomic E-state index is 0.263. The summed E-state index contributed by atoms with van der Waals surface area (Å²) in [7, 11) is 3.20. The molecule has 0 atom stereocenters. The molecule has 19 heavy (non-hydrogen) atoms. The Kier molecular flexibility index (Phi) is 2.73. The Balaban J connectivity index is 2.20. The largest absolute Gasteiger partial charge is 0.358 e. The highest BCUT2D eigenvalue weighted by molar-refractivity contribution is 5.79. The van der Waals surface area contributed by atoms with E-state index in [-0.39, 0.29) is 11.2 Å². The molecule has 3 heterocycles. The topological polar surface area (TPSA) is 63.0 Å². The Morgan fingerprint density at radius 2 is 1.74 bits per heavy atom. The van der Waals surface area contributed by atoms with Gasteiger partial charge in [-0.1, -0.05) is 0 Å². The molecule has 1 aliphatic rings. The van der Waals surface area contributed by atoms with Gasteiger partial charge >= 0.3 is 5.69 Å². The highest BCUT2D eigenvalue weighted by atomic mass is 16.2. The van der Waals surface area contributed by atoms with Crippen LogP contribution in [0.3, 0.4) is 0 Å². The van der Waals surface area contributed by atoms with Crippen LogP contribution >= 0.6 is 0 Å². The van der Waals surface area contributed by atoms with E-state index in [4.69, 9.17) is 0 Å². The fraction of sp³-hybridized carbons (Fsp3) is 0.538. The lowest BCUT2D eigenvalue weighted by Gasteiger charge is -2.27. The molecule has 3 rings (SSSR count). The Morgan fingerprint density at radius 1 is 1.05 bits per heavy atom. The highest BCUT2D eigenvalue weighted by Crippen LogP contribution is 2.21. The van der Waals surface area contributed by atoms with Gasteiger partial charge in [0, 0.05) is 33.3 Å². The van der Waals surface area contributed by atoms with Crippen molar-refractivity contribution in [2.45, 2.75) is 19.3 Å². The van der Waals surface area contributed by atoms with E-state index >= 15 is 0 Å². The number of piperidine rings is 1. The zero-order valence-electron chi connectivity index (χ0n) is 11.3. The number of anilines is 1. The van der Waals surface area contributed by atoms with E-state index in [0.29, 0.717) is 11.0 Å². The lowest BCUT2D eigenvalue weighted by atomic mass is 10.1. The number of fused-ring (bicyclic) bond motifs is 1. The van der Waals surface area contributed by atoms with Crippen molar-refractivity contribution in [3.8, 4) is 0 Å². The fourth-order valence-corrected chi connectivity index (χ4v) is 2.75. The number of aromatic nitrogens is 3. The Morgan fingerprint density at radius 3 is 2.42 bits per heavy atom. The average Bonchev–Trinajstić information content (AvgIpc) is 2.89. The van der Waals surface area contributed by atoms with Crippen LogP contribution in [0.25, 0.3) is 11.0 Å². The summed E-state index contributed by atoms with van der Waals surface area (Å²) in [4.78, 5) is 29.4. The molecule has 0 spiro atoms. The molecule has 0 aliphatic carbocycles. The monoisotopic (exact) mass is 262 g/mol. The molecule has 1 aliphatic heterocycles. The molecular formula is C13H18N4O2. The smallest absolute Gasteiger partial charge is 0.331 e. The normalized spacial score (nSPS) is 16.2. The molecule has 0 unspecified atom stereocenters. The molecule has 2 aromatic heterocycles. The number of aryl methyl sites for hydroxylation is 1. The molecular weight excluding hydrogens is 244 g/mol. The van der Waals surface area contributed by atoms with Crippen molar-refractivity contribution in [3.63, 3.8) is 0 Å². The van der Waals surface area contributed by atoms with Gasteiger partial charge in [0.25, 0.3) is 5.56 Å². The van der Waals surface area contributed by atoms with E-state index < -0.39 is 0 Å². The van der Waals surface area contributed by atoms with E-state index in [2.05, 4.69) is 9.88 Å². The standard InChI is InChI=1S/C13H18N4O2/c1-15-9-8-10(17-6-4-3-5-7-17)14-11(9)12(18)16(2)13(15)19/h8,14H,3-7H2,1-2H3. The molecule has 1 N–H and O–H groups in total. The van der Waals surface area contributed by atoms with Crippen molar-refractivity contribution in [2.75, 3.05) is 18.0 Å². The van der Waals surface area contributed by atoms with Crippen LogP contribution in [0, 0.1) is 0 Å². The molecule has 0 amide bonds. The molecule has 102 valence electrons. The van der Waals surface area contributed by atoms with E-state index in [1.807, 2.05) is 6.07 Å². The van der Waals surface area contributed by atoms with Crippen molar-refractivity contribution < 1.29 is 0 Å². The third-order valence-electron chi connectivity index (χ3n) is 3.93. The van der Waals surface area contributed by atoms with E-state index in [1.54, 1.807) is 7.05 Å². The van der Waals surface area contributed by atoms with Crippen molar-refractivity contribution in [1.82, 2.24) is 14.1 Å². The second-order valence-electron chi connectivity index (χ2n) is 5.17. The van der Waals surface area contributed by atoms with Crippen LogP contribution in [0.5, 0.6) is 0 Å². The number of H-pyrrole nitrogens is 1. The van der Waals surface area contributed by atoms with Crippen LogP contribution in [-0.2, 0) is 14.1 Å². The molecule has 0 radical (unpaired) electrons. The van der Waals surface area contributed by atoms with Gasteiger partial charge in [0.2, 0.25) is 0 Å². The summed E-state index contributed by atoms with van der Waals surface area (Å²) in [5.41, 5.74) is 0.627. The predicted octanol–water partition coefficient (Wildman–Crippen LogP) is 0.556. The first-order valence-corrected chi connectivity index (χ1v) is 6.63. The van der Waals surface area contributed by atoms with Crippen LogP contribution in [-0.4, -0.2) is 27.2 Å². The first-order chi connectivity index (χ1) is 9.09. The van der Waals surface area contributed by atoms with Crippen LogP contribution in [0.2, 0.25) is 0 Å². The number of hydrogen-bond acceptors (Lipinski definition) is 3. The summed E-state index contributed by atoms with van der Waals surface area (Å²) >= 11 is 0. The van der Waals surface area contributed by atoms with Gasteiger partial charge in [-0.15, -0.1) is 0 Å². The number of nitrogens with one attached hydrogen (secondary N) is 1. The molecule has 0 aromatic carbocycles.